The zero-order chi connectivity index (χ0) is 12.1. The molecule has 0 radical (unpaired) electrons. The van der Waals surface area contributed by atoms with E-state index >= 15 is 0 Å². The molecule has 2 aliphatic rings. The maximum absolute atomic E-state index is 3.76. The van der Waals surface area contributed by atoms with Gasteiger partial charge in [-0.1, -0.05) is 19.8 Å². The van der Waals surface area contributed by atoms with E-state index in [1.54, 1.807) is 0 Å². The predicted molar refractivity (Wildman–Crippen MR) is 74.3 cm³/mol. The van der Waals surface area contributed by atoms with E-state index in [0.717, 1.165) is 18.0 Å². The van der Waals surface area contributed by atoms with E-state index in [4.69, 9.17) is 0 Å². The van der Waals surface area contributed by atoms with Crippen LogP contribution >= 0.6 is 0 Å². The molecule has 2 rings (SSSR count). The molecule has 0 saturated heterocycles. The Morgan fingerprint density at radius 3 is 2.35 bits per heavy atom. The Morgan fingerprint density at radius 2 is 1.76 bits per heavy atom. The lowest BCUT2D eigenvalue weighted by Gasteiger charge is -2.29. The van der Waals surface area contributed by atoms with Gasteiger partial charge in [0, 0.05) is 25.2 Å². The molecule has 0 aromatic rings. The molecule has 2 heteroatoms. The second-order valence-corrected chi connectivity index (χ2v) is 6.17. The maximum Gasteiger partial charge on any atom is 0.0107 e. The summed E-state index contributed by atoms with van der Waals surface area (Å²) in [6, 6.07) is 1.73. The van der Waals surface area contributed by atoms with Crippen LogP contribution in [-0.2, 0) is 0 Å². The molecule has 0 bridgehead atoms. The zero-order valence-corrected chi connectivity index (χ0v) is 11.8. The topological polar surface area (TPSA) is 15.3 Å². The number of rotatable bonds is 7. The number of nitrogens with zero attached hydrogens (tertiary/aromatic N) is 1. The molecule has 2 fully saturated rings. The summed E-state index contributed by atoms with van der Waals surface area (Å²) in [6.45, 7) is 4.74. The largest absolute Gasteiger partial charge is 0.313 e. The Labute approximate surface area is 107 Å². The number of hydrogen-bond donors (Lipinski definition) is 1. The van der Waals surface area contributed by atoms with Gasteiger partial charge in [0.1, 0.15) is 0 Å². The smallest absolute Gasteiger partial charge is 0.0107 e. The van der Waals surface area contributed by atoms with Gasteiger partial charge in [-0.2, -0.15) is 0 Å². The van der Waals surface area contributed by atoms with Crippen LogP contribution in [0.2, 0.25) is 0 Å². The van der Waals surface area contributed by atoms with Crippen molar-refractivity contribution in [3.05, 3.63) is 0 Å². The SMILES string of the molecule is CCCC1CCC(NCCN(C)C2CC2)CC1. The van der Waals surface area contributed by atoms with Gasteiger partial charge in [0.15, 0.2) is 0 Å². The fourth-order valence-electron chi connectivity index (χ4n) is 3.21. The third-order valence-electron chi connectivity index (χ3n) is 4.61. The quantitative estimate of drug-likeness (QED) is 0.733. The number of hydrogen-bond acceptors (Lipinski definition) is 2. The van der Waals surface area contributed by atoms with Crippen LogP contribution in [0.5, 0.6) is 0 Å². The monoisotopic (exact) mass is 238 g/mol. The van der Waals surface area contributed by atoms with Crippen LogP contribution in [0, 0.1) is 5.92 Å². The number of nitrogens with one attached hydrogen (secondary N) is 1. The van der Waals surface area contributed by atoms with Crippen molar-refractivity contribution in [3.63, 3.8) is 0 Å². The Hall–Kier alpha value is -0.0800. The van der Waals surface area contributed by atoms with Gasteiger partial charge in [-0.25, -0.2) is 0 Å². The second-order valence-electron chi connectivity index (χ2n) is 6.17. The van der Waals surface area contributed by atoms with Crippen molar-refractivity contribution in [3.8, 4) is 0 Å². The summed E-state index contributed by atoms with van der Waals surface area (Å²) in [5, 5.41) is 3.76. The maximum atomic E-state index is 3.76. The lowest BCUT2D eigenvalue weighted by molar-refractivity contribution is 0.261. The Kier molecular flexibility index (Phi) is 5.30. The highest BCUT2D eigenvalue weighted by molar-refractivity contribution is 4.83. The molecule has 1 N–H and O–H groups in total. The summed E-state index contributed by atoms with van der Waals surface area (Å²) >= 11 is 0. The van der Waals surface area contributed by atoms with Crippen molar-refractivity contribution in [2.45, 2.75) is 70.4 Å². The first-order valence-electron chi connectivity index (χ1n) is 7.73. The molecule has 0 aromatic heterocycles. The minimum Gasteiger partial charge on any atom is -0.313 e. The first kappa shape index (κ1) is 13.4. The highest BCUT2D eigenvalue weighted by Gasteiger charge is 2.26. The van der Waals surface area contributed by atoms with Crippen LogP contribution in [0.25, 0.3) is 0 Å². The molecule has 0 aliphatic heterocycles. The van der Waals surface area contributed by atoms with Gasteiger partial charge in [0.05, 0.1) is 0 Å². The van der Waals surface area contributed by atoms with Gasteiger partial charge < -0.3 is 10.2 Å². The molecule has 0 atom stereocenters. The molecule has 0 spiro atoms. The molecule has 2 aliphatic carbocycles. The Morgan fingerprint density at radius 1 is 1.06 bits per heavy atom. The molecule has 0 unspecified atom stereocenters. The van der Waals surface area contributed by atoms with E-state index < -0.39 is 0 Å². The van der Waals surface area contributed by atoms with E-state index in [0.29, 0.717) is 0 Å². The average molecular weight is 238 g/mol. The van der Waals surface area contributed by atoms with Gasteiger partial charge >= 0.3 is 0 Å². The van der Waals surface area contributed by atoms with Crippen LogP contribution in [0.1, 0.15) is 58.3 Å². The van der Waals surface area contributed by atoms with E-state index in [1.165, 1.54) is 64.5 Å². The fraction of sp³-hybridized carbons (Fsp3) is 1.00. The predicted octanol–water partition coefficient (Wildman–Crippen LogP) is 3.03. The summed E-state index contributed by atoms with van der Waals surface area (Å²) in [5.41, 5.74) is 0. The average Bonchev–Trinajstić information content (AvgIpc) is 3.15. The molecule has 0 heterocycles. The first-order valence-corrected chi connectivity index (χ1v) is 7.73. The van der Waals surface area contributed by atoms with Crippen molar-refractivity contribution < 1.29 is 0 Å². The first-order chi connectivity index (χ1) is 8.29. The molecule has 0 aromatic carbocycles. The molecule has 17 heavy (non-hydrogen) atoms. The summed E-state index contributed by atoms with van der Waals surface area (Å²) in [7, 11) is 2.28. The molecular formula is C15H30N2. The van der Waals surface area contributed by atoms with E-state index in [9.17, 15) is 0 Å². The van der Waals surface area contributed by atoms with Crippen molar-refractivity contribution in [1.82, 2.24) is 10.2 Å². The second kappa shape index (κ2) is 6.75. The molecular weight excluding hydrogens is 208 g/mol. The lowest BCUT2D eigenvalue weighted by Crippen LogP contribution is -2.38. The van der Waals surface area contributed by atoms with Gasteiger partial charge in [-0.3, -0.25) is 0 Å². The summed E-state index contributed by atoms with van der Waals surface area (Å²) in [6.07, 6.45) is 11.4. The highest BCUT2D eigenvalue weighted by Crippen LogP contribution is 2.28. The van der Waals surface area contributed by atoms with Crippen LogP contribution in [0.3, 0.4) is 0 Å². The Bertz CT molecular complexity index is 205. The van der Waals surface area contributed by atoms with E-state index in [2.05, 4.69) is 24.2 Å². The van der Waals surface area contributed by atoms with Gasteiger partial charge in [0.2, 0.25) is 0 Å². The van der Waals surface area contributed by atoms with Crippen molar-refractivity contribution >= 4 is 0 Å². The lowest BCUT2D eigenvalue weighted by atomic mass is 9.83. The minimum absolute atomic E-state index is 0.815. The normalized spacial score (nSPS) is 29.8. The van der Waals surface area contributed by atoms with Gasteiger partial charge in [-0.05, 0) is 51.5 Å². The Balaban J connectivity index is 1.52. The molecule has 100 valence electrons. The molecule has 2 saturated carbocycles. The van der Waals surface area contributed by atoms with E-state index in [-0.39, 0.29) is 0 Å². The van der Waals surface area contributed by atoms with Crippen LogP contribution in [0.4, 0.5) is 0 Å². The standard InChI is InChI=1S/C15H30N2/c1-3-4-13-5-7-14(8-6-13)16-11-12-17(2)15-9-10-15/h13-16H,3-12H2,1-2H3. The minimum atomic E-state index is 0.815. The third-order valence-corrected chi connectivity index (χ3v) is 4.61. The van der Waals surface area contributed by atoms with Crippen molar-refractivity contribution in [1.29, 1.82) is 0 Å². The van der Waals surface area contributed by atoms with E-state index in [1.807, 2.05) is 0 Å². The fourth-order valence-corrected chi connectivity index (χ4v) is 3.21. The number of likely N-dealkylation sites (N-methyl/N-ethyl adjacent to an activating group) is 1. The summed E-state index contributed by atoms with van der Waals surface area (Å²) < 4.78 is 0. The summed E-state index contributed by atoms with van der Waals surface area (Å²) in [5.74, 6) is 1.03. The molecule has 0 amide bonds. The molecule has 2 nitrogen and oxygen atoms in total. The van der Waals surface area contributed by atoms with Crippen LogP contribution in [-0.4, -0.2) is 37.1 Å². The van der Waals surface area contributed by atoms with Gasteiger partial charge in [0.25, 0.3) is 0 Å². The summed E-state index contributed by atoms with van der Waals surface area (Å²) in [4.78, 5) is 2.52. The zero-order valence-electron chi connectivity index (χ0n) is 11.8. The van der Waals surface area contributed by atoms with Crippen molar-refractivity contribution in [2.75, 3.05) is 20.1 Å². The van der Waals surface area contributed by atoms with Crippen molar-refractivity contribution in [2.24, 2.45) is 5.92 Å². The highest BCUT2D eigenvalue weighted by atomic mass is 15.2. The van der Waals surface area contributed by atoms with Crippen LogP contribution in [0.15, 0.2) is 0 Å². The van der Waals surface area contributed by atoms with Crippen LogP contribution < -0.4 is 5.32 Å². The third kappa shape index (κ3) is 4.59. The van der Waals surface area contributed by atoms with Gasteiger partial charge in [-0.15, -0.1) is 0 Å².